The quantitative estimate of drug-likeness (QED) is 0.404. The highest BCUT2D eigenvalue weighted by atomic mass is 79.9. The zero-order valence-electron chi connectivity index (χ0n) is 19.9. The predicted octanol–water partition coefficient (Wildman–Crippen LogP) is 4.62. The van der Waals surface area contributed by atoms with Crippen LogP contribution in [0.15, 0.2) is 9.63 Å². The molecule has 0 atom stereocenters. The number of hydrogen-bond acceptors (Lipinski definition) is 8. The van der Waals surface area contributed by atoms with Crippen LogP contribution in [0, 0.1) is 5.82 Å². The molecule has 0 radical (unpaired) electrons. The van der Waals surface area contributed by atoms with E-state index in [1.165, 1.54) is 0 Å². The standard InChI is InChI=1S/C22H27BrClFN4O5S/c1-21(2,3)34-20(30)28-22(7-5-8-22)11-29-9-6-10-33-17-12-16(15(25)13(23)14(17)24)26-19(27-18(12)29)35(4,31)32/h5-11H2,1-4H3,(H,28,30). The number of carbonyl (C=O) groups excluding carboxylic acids is 1. The molecule has 1 aliphatic heterocycles. The van der Waals surface area contributed by atoms with Crippen molar-refractivity contribution in [1.29, 1.82) is 0 Å². The zero-order chi connectivity index (χ0) is 25.8. The summed E-state index contributed by atoms with van der Waals surface area (Å²) in [5.41, 5.74) is -1.48. The van der Waals surface area contributed by atoms with Gasteiger partial charge >= 0.3 is 6.09 Å². The van der Waals surface area contributed by atoms with Crippen molar-refractivity contribution in [1.82, 2.24) is 15.3 Å². The molecule has 2 heterocycles. The molecule has 0 saturated heterocycles. The summed E-state index contributed by atoms with van der Waals surface area (Å²) in [5.74, 6) is -0.440. The summed E-state index contributed by atoms with van der Waals surface area (Å²) < 4.78 is 51.3. The number of amides is 1. The fourth-order valence-corrected chi connectivity index (χ4v) is 5.35. The molecular weight excluding hydrogens is 567 g/mol. The average molecular weight is 594 g/mol. The summed E-state index contributed by atoms with van der Waals surface area (Å²) in [6.07, 6.45) is 3.31. The summed E-state index contributed by atoms with van der Waals surface area (Å²) in [4.78, 5) is 22.8. The SMILES string of the molecule is CC(C)(C)OC(=O)NC1(CN2CCCOc3c(Cl)c(Br)c(F)c4nc(S(C)(=O)=O)nc2c34)CCC1. The molecule has 1 N–H and O–H groups in total. The molecular formula is C22H27BrClFN4O5S. The van der Waals surface area contributed by atoms with Crippen molar-refractivity contribution in [2.45, 2.75) is 62.8 Å². The number of halogens is 3. The fourth-order valence-electron chi connectivity index (χ4n) is 4.24. The van der Waals surface area contributed by atoms with Gasteiger partial charge in [0.15, 0.2) is 11.6 Å². The van der Waals surface area contributed by atoms with Gasteiger partial charge in [0.05, 0.1) is 22.0 Å². The third-order valence-electron chi connectivity index (χ3n) is 5.91. The smallest absolute Gasteiger partial charge is 0.408 e. The normalized spacial score (nSPS) is 17.7. The first-order valence-electron chi connectivity index (χ1n) is 11.2. The summed E-state index contributed by atoms with van der Waals surface area (Å²) >= 11 is 9.53. The van der Waals surface area contributed by atoms with E-state index in [1.807, 2.05) is 4.90 Å². The van der Waals surface area contributed by atoms with E-state index >= 15 is 4.39 Å². The lowest BCUT2D eigenvalue weighted by Crippen LogP contribution is -2.61. The highest BCUT2D eigenvalue weighted by Crippen LogP contribution is 2.46. The van der Waals surface area contributed by atoms with Crippen molar-refractivity contribution in [3.05, 3.63) is 15.3 Å². The van der Waals surface area contributed by atoms with Gasteiger partial charge in [-0.2, -0.15) is 0 Å². The minimum absolute atomic E-state index is 0.0130. The van der Waals surface area contributed by atoms with Crippen LogP contribution in [0.2, 0.25) is 5.02 Å². The number of ether oxygens (including phenoxy) is 2. The first-order chi connectivity index (χ1) is 16.2. The van der Waals surface area contributed by atoms with Crippen LogP contribution in [0.3, 0.4) is 0 Å². The van der Waals surface area contributed by atoms with Gasteiger partial charge in [-0.1, -0.05) is 11.6 Å². The van der Waals surface area contributed by atoms with Crippen LogP contribution < -0.4 is 15.0 Å². The number of hydrogen-bond donors (Lipinski definition) is 1. The van der Waals surface area contributed by atoms with Crippen LogP contribution in [0.4, 0.5) is 15.0 Å². The first kappa shape index (κ1) is 26.2. The number of alkyl carbamates (subject to hydrolysis) is 1. The summed E-state index contributed by atoms with van der Waals surface area (Å²) in [7, 11) is -3.87. The Kier molecular flexibility index (Phi) is 6.86. The Bertz CT molecular complexity index is 1300. The Labute approximate surface area is 216 Å². The predicted molar refractivity (Wildman–Crippen MR) is 134 cm³/mol. The molecule has 2 aromatic rings. The van der Waals surface area contributed by atoms with E-state index in [4.69, 9.17) is 21.1 Å². The van der Waals surface area contributed by atoms with Gasteiger partial charge in [-0.15, -0.1) is 0 Å². The molecule has 1 aromatic carbocycles. The van der Waals surface area contributed by atoms with E-state index in [9.17, 15) is 13.2 Å². The van der Waals surface area contributed by atoms with Gasteiger partial charge in [-0.3, -0.25) is 0 Å². The van der Waals surface area contributed by atoms with Gasteiger partial charge in [0.2, 0.25) is 15.0 Å². The molecule has 1 amide bonds. The van der Waals surface area contributed by atoms with E-state index in [1.54, 1.807) is 20.8 Å². The van der Waals surface area contributed by atoms with Crippen molar-refractivity contribution in [3.8, 4) is 5.75 Å². The van der Waals surface area contributed by atoms with Gasteiger partial charge in [-0.25, -0.2) is 27.6 Å². The van der Waals surface area contributed by atoms with Crippen LogP contribution in [0.25, 0.3) is 10.9 Å². The molecule has 9 nitrogen and oxygen atoms in total. The molecule has 0 unspecified atom stereocenters. The van der Waals surface area contributed by atoms with Crippen molar-refractivity contribution in [2.24, 2.45) is 0 Å². The van der Waals surface area contributed by atoms with E-state index in [2.05, 4.69) is 31.2 Å². The average Bonchev–Trinajstić information content (AvgIpc) is 2.70. The zero-order valence-corrected chi connectivity index (χ0v) is 23.0. The molecule has 192 valence electrons. The Morgan fingerprint density at radius 1 is 1.31 bits per heavy atom. The number of anilines is 1. The van der Waals surface area contributed by atoms with Gasteiger partial charge in [0, 0.05) is 19.3 Å². The highest BCUT2D eigenvalue weighted by molar-refractivity contribution is 9.10. The lowest BCUT2D eigenvalue weighted by Gasteiger charge is -2.46. The second-order valence-electron chi connectivity index (χ2n) is 9.98. The maximum absolute atomic E-state index is 15.3. The molecule has 1 fully saturated rings. The van der Waals surface area contributed by atoms with Crippen molar-refractivity contribution < 1.29 is 27.1 Å². The highest BCUT2D eigenvalue weighted by Gasteiger charge is 2.42. The van der Waals surface area contributed by atoms with Gasteiger partial charge in [0.1, 0.15) is 22.0 Å². The lowest BCUT2D eigenvalue weighted by molar-refractivity contribution is 0.0390. The first-order valence-corrected chi connectivity index (χ1v) is 14.2. The minimum Gasteiger partial charge on any atom is -0.491 e. The van der Waals surface area contributed by atoms with Crippen LogP contribution >= 0.6 is 27.5 Å². The molecule has 2 aliphatic rings. The minimum atomic E-state index is -3.87. The van der Waals surface area contributed by atoms with E-state index in [0.717, 1.165) is 12.7 Å². The Morgan fingerprint density at radius 3 is 2.57 bits per heavy atom. The number of carbonyl (C=O) groups is 1. The van der Waals surface area contributed by atoms with Crippen LogP contribution in [0.1, 0.15) is 46.5 Å². The topological polar surface area (TPSA) is 111 Å². The van der Waals surface area contributed by atoms with E-state index in [-0.39, 0.29) is 32.0 Å². The number of nitrogens with one attached hydrogen (secondary N) is 1. The molecule has 1 aromatic heterocycles. The maximum Gasteiger partial charge on any atom is 0.408 e. The summed E-state index contributed by atoms with van der Waals surface area (Å²) in [6, 6.07) is 0. The number of nitrogens with zero attached hydrogens (tertiary/aromatic N) is 3. The van der Waals surface area contributed by atoms with E-state index < -0.39 is 38.0 Å². The van der Waals surface area contributed by atoms with Crippen molar-refractivity contribution in [3.63, 3.8) is 0 Å². The molecule has 0 bridgehead atoms. The maximum atomic E-state index is 15.3. The third kappa shape index (κ3) is 5.29. The third-order valence-corrected chi connectivity index (χ3v) is 8.09. The lowest BCUT2D eigenvalue weighted by atomic mass is 9.76. The molecule has 4 rings (SSSR count). The van der Waals surface area contributed by atoms with Crippen LogP contribution in [0.5, 0.6) is 5.75 Å². The number of sulfone groups is 1. The number of aromatic nitrogens is 2. The largest absolute Gasteiger partial charge is 0.491 e. The Balaban J connectivity index is 1.85. The summed E-state index contributed by atoms with van der Waals surface area (Å²) in [5, 5.41) is 2.69. The van der Waals surface area contributed by atoms with Crippen molar-refractivity contribution in [2.75, 3.05) is 30.9 Å². The molecule has 1 aliphatic carbocycles. The van der Waals surface area contributed by atoms with Gasteiger partial charge in [-0.05, 0) is 62.4 Å². The van der Waals surface area contributed by atoms with Crippen LogP contribution in [-0.4, -0.2) is 61.6 Å². The van der Waals surface area contributed by atoms with Crippen LogP contribution in [-0.2, 0) is 14.6 Å². The molecule has 0 spiro atoms. The number of benzene rings is 1. The van der Waals surface area contributed by atoms with Crippen molar-refractivity contribution >= 4 is 60.2 Å². The number of rotatable bonds is 4. The monoisotopic (exact) mass is 592 g/mol. The second-order valence-corrected chi connectivity index (χ2v) is 13.1. The van der Waals surface area contributed by atoms with E-state index in [0.29, 0.717) is 39.0 Å². The summed E-state index contributed by atoms with van der Waals surface area (Å²) in [6.45, 7) is 6.41. The Morgan fingerprint density at radius 2 is 2.00 bits per heavy atom. The Hall–Kier alpha value is -1.92. The van der Waals surface area contributed by atoms with Gasteiger partial charge in [0.25, 0.3) is 0 Å². The molecule has 13 heteroatoms. The molecule has 1 saturated carbocycles. The second kappa shape index (κ2) is 9.19. The fraction of sp³-hybridized carbons (Fsp3) is 0.591. The molecule has 35 heavy (non-hydrogen) atoms. The van der Waals surface area contributed by atoms with Gasteiger partial charge < -0.3 is 19.7 Å².